The van der Waals surface area contributed by atoms with Crippen LogP contribution in [-0.4, -0.2) is 21.9 Å². The molecule has 110 valence electrons. The summed E-state index contributed by atoms with van der Waals surface area (Å²) in [5.74, 6) is -0.00120. The molecule has 1 aliphatic heterocycles. The van der Waals surface area contributed by atoms with Crippen LogP contribution in [0.25, 0.3) is 0 Å². The van der Waals surface area contributed by atoms with E-state index in [1.165, 1.54) is 5.56 Å². The maximum Gasteiger partial charge on any atom is 0.241 e. The van der Waals surface area contributed by atoms with Gasteiger partial charge in [-0.25, -0.2) is 4.98 Å². The summed E-state index contributed by atoms with van der Waals surface area (Å²) in [4.78, 5) is 19.8. The lowest BCUT2D eigenvalue weighted by molar-refractivity contribution is -0.118. The van der Waals surface area contributed by atoms with Crippen LogP contribution in [0.1, 0.15) is 28.1 Å². The number of carbonyl (C=O) groups is 1. The summed E-state index contributed by atoms with van der Waals surface area (Å²) in [6.45, 7) is 6.76. The fraction of sp³-hybridized carbons (Fsp3) is 0.375. The quantitative estimate of drug-likeness (QED) is 0.790. The van der Waals surface area contributed by atoms with Gasteiger partial charge in [-0.2, -0.15) is 0 Å². The summed E-state index contributed by atoms with van der Waals surface area (Å²) in [6, 6.07) is 3.94. The van der Waals surface area contributed by atoms with Crippen LogP contribution in [-0.2, 0) is 17.8 Å². The highest BCUT2D eigenvalue weighted by Gasteiger charge is 2.26. The molecule has 1 aromatic heterocycles. The molecule has 5 nitrogen and oxygen atoms in total. The van der Waals surface area contributed by atoms with Gasteiger partial charge in [-0.3, -0.25) is 10.1 Å². The number of aromatic nitrogens is 2. The van der Waals surface area contributed by atoms with Gasteiger partial charge in [0, 0.05) is 18.7 Å². The van der Waals surface area contributed by atoms with Crippen molar-refractivity contribution in [3.63, 3.8) is 0 Å². The third-order valence-corrected chi connectivity index (χ3v) is 3.97. The largest absolute Gasteiger partial charge is 0.347 e. The SMILES string of the molecule is Cc1cc(C)c(NC(=O)C2Cc3nc[nH]c3CN2)c(C)c1. The number of H-pyrrole nitrogens is 1. The predicted molar refractivity (Wildman–Crippen MR) is 82.2 cm³/mol. The lowest BCUT2D eigenvalue weighted by Gasteiger charge is -2.23. The molecule has 5 heteroatoms. The van der Waals surface area contributed by atoms with Crippen molar-refractivity contribution in [3.05, 3.63) is 46.5 Å². The lowest BCUT2D eigenvalue weighted by Crippen LogP contribution is -2.45. The first-order valence-corrected chi connectivity index (χ1v) is 7.18. The van der Waals surface area contributed by atoms with Crippen LogP contribution < -0.4 is 10.6 Å². The first-order chi connectivity index (χ1) is 10.0. The third-order valence-electron chi connectivity index (χ3n) is 3.97. The molecule has 0 fully saturated rings. The summed E-state index contributed by atoms with van der Waals surface area (Å²) in [5, 5.41) is 6.31. The Hall–Kier alpha value is -2.14. The molecule has 0 aliphatic carbocycles. The highest BCUT2D eigenvalue weighted by Crippen LogP contribution is 2.22. The van der Waals surface area contributed by atoms with Crippen molar-refractivity contribution in [1.82, 2.24) is 15.3 Å². The topological polar surface area (TPSA) is 69.8 Å². The normalized spacial score (nSPS) is 17.4. The average molecular weight is 284 g/mol. The molecule has 0 saturated carbocycles. The molecule has 1 aliphatic rings. The minimum absolute atomic E-state index is 0.00120. The molecule has 21 heavy (non-hydrogen) atoms. The van der Waals surface area contributed by atoms with Crippen molar-refractivity contribution in [1.29, 1.82) is 0 Å². The van der Waals surface area contributed by atoms with E-state index < -0.39 is 0 Å². The Morgan fingerprint density at radius 2 is 2.00 bits per heavy atom. The van der Waals surface area contributed by atoms with Gasteiger partial charge in [-0.05, 0) is 31.9 Å². The zero-order valence-corrected chi connectivity index (χ0v) is 12.6. The number of anilines is 1. The predicted octanol–water partition coefficient (Wildman–Crippen LogP) is 1.99. The summed E-state index contributed by atoms with van der Waals surface area (Å²) >= 11 is 0. The zero-order chi connectivity index (χ0) is 15.0. The molecular weight excluding hydrogens is 264 g/mol. The molecule has 1 amide bonds. The van der Waals surface area contributed by atoms with Crippen LogP contribution in [0, 0.1) is 20.8 Å². The van der Waals surface area contributed by atoms with Crippen LogP contribution in [0.3, 0.4) is 0 Å². The van der Waals surface area contributed by atoms with E-state index in [9.17, 15) is 4.79 Å². The molecular formula is C16H20N4O. The number of hydrogen-bond acceptors (Lipinski definition) is 3. The van der Waals surface area contributed by atoms with Crippen molar-refractivity contribution in [3.8, 4) is 0 Å². The van der Waals surface area contributed by atoms with Gasteiger partial charge in [0.25, 0.3) is 0 Å². The number of imidazole rings is 1. The number of nitrogens with one attached hydrogen (secondary N) is 3. The number of nitrogens with zero attached hydrogens (tertiary/aromatic N) is 1. The summed E-state index contributed by atoms with van der Waals surface area (Å²) in [6.07, 6.45) is 2.30. The molecule has 0 bridgehead atoms. The number of aryl methyl sites for hydroxylation is 3. The Morgan fingerprint density at radius 3 is 2.71 bits per heavy atom. The fourth-order valence-electron chi connectivity index (χ4n) is 2.94. The van der Waals surface area contributed by atoms with Crippen LogP contribution >= 0.6 is 0 Å². The number of fused-ring (bicyclic) bond motifs is 1. The maximum atomic E-state index is 12.5. The second-order valence-electron chi connectivity index (χ2n) is 5.73. The van der Waals surface area contributed by atoms with E-state index in [0.717, 1.165) is 28.2 Å². The Labute approximate surface area is 124 Å². The van der Waals surface area contributed by atoms with E-state index in [1.807, 2.05) is 13.8 Å². The van der Waals surface area contributed by atoms with Gasteiger partial charge < -0.3 is 10.3 Å². The van der Waals surface area contributed by atoms with E-state index in [2.05, 4.69) is 39.7 Å². The standard InChI is InChI=1S/C16H20N4O/c1-9-4-10(2)15(11(3)5-9)20-16(21)13-6-12-14(7-17-13)19-8-18-12/h4-5,8,13,17H,6-7H2,1-3H3,(H,18,19)(H,20,21). The van der Waals surface area contributed by atoms with Crippen LogP contribution in [0.2, 0.25) is 0 Å². The summed E-state index contributed by atoms with van der Waals surface area (Å²) < 4.78 is 0. The molecule has 2 heterocycles. The summed E-state index contributed by atoms with van der Waals surface area (Å²) in [5.41, 5.74) is 6.36. The van der Waals surface area contributed by atoms with E-state index in [0.29, 0.717) is 13.0 Å². The van der Waals surface area contributed by atoms with Crippen molar-refractivity contribution in [2.75, 3.05) is 5.32 Å². The number of amides is 1. The zero-order valence-electron chi connectivity index (χ0n) is 12.6. The molecule has 0 spiro atoms. The Bertz CT molecular complexity index is 666. The second kappa shape index (κ2) is 5.33. The fourth-order valence-corrected chi connectivity index (χ4v) is 2.94. The van der Waals surface area contributed by atoms with Crippen LogP contribution in [0.15, 0.2) is 18.5 Å². The molecule has 0 saturated heterocycles. The van der Waals surface area contributed by atoms with Crippen LogP contribution in [0.4, 0.5) is 5.69 Å². The minimum atomic E-state index is -0.235. The highest BCUT2D eigenvalue weighted by molar-refractivity contribution is 5.96. The first-order valence-electron chi connectivity index (χ1n) is 7.18. The van der Waals surface area contributed by atoms with Gasteiger partial charge in [0.1, 0.15) is 0 Å². The second-order valence-corrected chi connectivity index (χ2v) is 5.73. The maximum absolute atomic E-state index is 12.5. The molecule has 1 unspecified atom stereocenters. The smallest absolute Gasteiger partial charge is 0.241 e. The number of aromatic amines is 1. The number of rotatable bonds is 2. The first kappa shape index (κ1) is 13.8. The monoisotopic (exact) mass is 284 g/mol. The Morgan fingerprint density at radius 1 is 1.29 bits per heavy atom. The molecule has 2 aromatic rings. The Kier molecular flexibility index (Phi) is 3.51. The van der Waals surface area contributed by atoms with Crippen molar-refractivity contribution in [2.45, 2.75) is 39.8 Å². The lowest BCUT2D eigenvalue weighted by atomic mass is 10.0. The average Bonchev–Trinajstić information content (AvgIpc) is 2.89. The van der Waals surface area contributed by atoms with E-state index in [1.54, 1.807) is 6.33 Å². The number of carbonyl (C=O) groups excluding carboxylic acids is 1. The van der Waals surface area contributed by atoms with Crippen molar-refractivity contribution < 1.29 is 4.79 Å². The van der Waals surface area contributed by atoms with Gasteiger partial charge in [0.05, 0.1) is 23.8 Å². The number of hydrogen-bond donors (Lipinski definition) is 3. The van der Waals surface area contributed by atoms with Gasteiger partial charge in [0.15, 0.2) is 0 Å². The van der Waals surface area contributed by atoms with Gasteiger partial charge in [0.2, 0.25) is 5.91 Å². The molecule has 1 atom stereocenters. The van der Waals surface area contributed by atoms with Crippen LogP contribution in [0.5, 0.6) is 0 Å². The van der Waals surface area contributed by atoms with Crippen molar-refractivity contribution in [2.24, 2.45) is 0 Å². The van der Waals surface area contributed by atoms with E-state index >= 15 is 0 Å². The summed E-state index contributed by atoms with van der Waals surface area (Å²) in [7, 11) is 0. The highest BCUT2D eigenvalue weighted by atomic mass is 16.2. The van der Waals surface area contributed by atoms with E-state index in [-0.39, 0.29) is 11.9 Å². The molecule has 1 aromatic carbocycles. The van der Waals surface area contributed by atoms with Gasteiger partial charge in [-0.1, -0.05) is 17.7 Å². The molecule has 0 radical (unpaired) electrons. The van der Waals surface area contributed by atoms with Gasteiger partial charge >= 0.3 is 0 Å². The van der Waals surface area contributed by atoms with Crippen molar-refractivity contribution >= 4 is 11.6 Å². The van der Waals surface area contributed by atoms with E-state index in [4.69, 9.17) is 0 Å². The minimum Gasteiger partial charge on any atom is -0.347 e. The van der Waals surface area contributed by atoms with Gasteiger partial charge in [-0.15, -0.1) is 0 Å². The Balaban J connectivity index is 1.76. The third kappa shape index (κ3) is 2.69. The molecule has 3 rings (SSSR count). The molecule has 3 N–H and O–H groups in total. The number of benzene rings is 1.